The van der Waals surface area contributed by atoms with E-state index in [1.165, 1.54) is 31.6 Å². The van der Waals surface area contributed by atoms with Crippen LogP contribution in [0.1, 0.15) is 81.4 Å². The number of hydrogen-bond donors (Lipinski definition) is 0. The summed E-state index contributed by atoms with van der Waals surface area (Å²) >= 11 is 0. The second-order valence-electron chi connectivity index (χ2n) is 11.2. The fourth-order valence-corrected chi connectivity index (χ4v) is 5.73. The maximum absolute atomic E-state index is 15.0. The minimum Gasteiger partial charge on any atom is -0.429 e. The Morgan fingerprint density at radius 3 is 2.02 bits per heavy atom. The van der Waals surface area contributed by atoms with Crippen LogP contribution in [-0.2, 0) is 12.5 Å². The lowest BCUT2D eigenvalue weighted by Gasteiger charge is -2.28. The summed E-state index contributed by atoms with van der Waals surface area (Å²) in [5.41, 5.74) is -2.51. The Balaban J connectivity index is 1.44. The van der Waals surface area contributed by atoms with Gasteiger partial charge in [0, 0.05) is 11.3 Å². The third-order valence-electron chi connectivity index (χ3n) is 7.99. The van der Waals surface area contributed by atoms with Crippen molar-refractivity contribution >= 4 is 10.8 Å². The molecule has 0 saturated heterocycles. The minimum absolute atomic E-state index is 0.251. The van der Waals surface area contributed by atoms with Gasteiger partial charge in [-0.05, 0) is 72.0 Å². The lowest BCUT2D eigenvalue weighted by atomic mass is 9.78. The molecule has 1 nitrogen and oxygen atoms in total. The van der Waals surface area contributed by atoms with Crippen LogP contribution in [0.2, 0.25) is 0 Å². The van der Waals surface area contributed by atoms with Crippen LogP contribution in [-0.4, -0.2) is 6.18 Å². The van der Waals surface area contributed by atoms with Crippen LogP contribution in [0.15, 0.2) is 36.4 Å². The van der Waals surface area contributed by atoms with Crippen LogP contribution in [0.4, 0.5) is 39.5 Å². The van der Waals surface area contributed by atoms with E-state index in [0.29, 0.717) is 24.8 Å². The molecule has 1 aliphatic carbocycles. The van der Waals surface area contributed by atoms with Crippen molar-refractivity contribution in [3.8, 4) is 17.6 Å². The van der Waals surface area contributed by atoms with Crippen LogP contribution in [0.25, 0.3) is 10.8 Å². The average Bonchev–Trinajstić information content (AvgIpc) is 2.91. The number of fused-ring (bicyclic) bond motifs is 1. The summed E-state index contributed by atoms with van der Waals surface area (Å²) in [5.74, 6) is -3.29. The highest BCUT2D eigenvalue weighted by Gasteiger charge is 2.41. The molecule has 232 valence electrons. The van der Waals surface area contributed by atoms with Crippen LogP contribution in [0.5, 0.6) is 5.75 Å². The van der Waals surface area contributed by atoms with E-state index in [2.05, 4.69) is 11.7 Å². The zero-order valence-electron chi connectivity index (χ0n) is 23.5. The van der Waals surface area contributed by atoms with E-state index >= 15 is 0 Å². The van der Waals surface area contributed by atoms with Gasteiger partial charge in [-0.2, -0.15) is 22.0 Å². The Morgan fingerprint density at radius 1 is 0.791 bits per heavy atom. The first-order valence-electron chi connectivity index (χ1n) is 14.3. The summed E-state index contributed by atoms with van der Waals surface area (Å²) in [4.78, 5) is 0. The number of benzene rings is 3. The van der Waals surface area contributed by atoms with Crippen LogP contribution >= 0.6 is 0 Å². The molecule has 3 aromatic carbocycles. The highest BCUT2D eigenvalue weighted by molar-refractivity contribution is 5.86. The van der Waals surface area contributed by atoms with E-state index in [9.17, 15) is 39.5 Å². The van der Waals surface area contributed by atoms with Gasteiger partial charge in [-0.1, -0.05) is 64.2 Å². The molecule has 3 aromatic rings. The van der Waals surface area contributed by atoms with Gasteiger partial charge in [-0.3, -0.25) is 0 Å². The highest BCUT2D eigenvalue weighted by atomic mass is 19.4. The SMILES string of the molecule is CCCCCC1CCC(CCc2cc(F)c(C(F)(F)Oc3ccc4c(F)c(C#CC(F)(F)F)c(F)cc4c3)c(F)c2)CC1. The number of halogens is 9. The first-order valence-corrected chi connectivity index (χ1v) is 14.3. The Labute approximate surface area is 244 Å². The van der Waals surface area contributed by atoms with Crippen molar-refractivity contribution in [2.45, 2.75) is 83.4 Å². The monoisotopic (exact) mass is 614 g/mol. The van der Waals surface area contributed by atoms with Gasteiger partial charge < -0.3 is 4.74 Å². The van der Waals surface area contributed by atoms with Gasteiger partial charge in [0.15, 0.2) is 0 Å². The third kappa shape index (κ3) is 8.39. The predicted molar refractivity (Wildman–Crippen MR) is 146 cm³/mol. The van der Waals surface area contributed by atoms with Crippen LogP contribution in [0.3, 0.4) is 0 Å². The molecular formula is C33H31F9O. The maximum atomic E-state index is 15.0. The van der Waals surface area contributed by atoms with Gasteiger partial charge in [0.05, 0.1) is 5.56 Å². The van der Waals surface area contributed by atoms with E-state index in [0.717, 1.165) is 67.9 Å². The Morgan fingerprint density at radius 2 is 1.42 bits per heavy atom. The van der Waals surface area contributed by atoms with Crippen LogP contribution in [0, 0.1) is 46.9 Å². The number of unbranched alkanes of at least 4 members (excludes halogenated alkanes) is 2. The van der Waals surface area contributed by atoms with Gasteiger partial charge in [-0.25, -0.2) is 17.6 Å². The fourth-order valence-electron chi connectivity index (χ4n) is 5.73. The Bertz CT molecular complexity index is 1470. The molecule has 4 rings (SSSR count). The molecule has 0 heterocycles. The normalized spacial score (nSPS) is 17.5. The fraction of sp³-hybridized carbons (Fsp3) is 0.455. The molecule has 0 aliphatic heterocycles. The van der Waals surface area contributed by atoms with Crippen molar-refractivity contribution in [3.05, 3.63) is 76.4 Å². The number of hydrogen-bond acceptors (Lipinski definition) is 1. The van der Waals surface area contributed by atoms with Gasteiger partial charge >= 0.3 is 12.3 Å². The minimum atomic E-state index is -4.99. The molecular weight excluding hydrogens is 583 g/mol. The topological polar surface area (TPSA) is 9.23 Å². The quantitative estimate of drug-likeness (QED) is 0.125. The molecule has 0 bridgehead atoms. The van der Waals surface area contributed by atoms with E-state index in [1.807, 2.05) is 0 Å². The van der Waals surface area contributed by atoms with Gasteiger partial charge in [0.1, 0.15) is 34.6 Å². The molecule has 0 atom stereocenters. The predicted octanol–water partition coefficient (Wildman–Crippen LogP) is 10.8. The van der Waals surface area contributed by atoms with E-state index in [-0.39, 0.29) is 10.9 Å². The number of aryl methyl sites for hydroxylation is 1. The van der Waals surface area contributed by atoms with E-state index in [4.69, 9.17) is 0 Å². The van der Waals surface area contributed by atoms with E-state index in [1.54, 1.807) is 0 Å². The lowest BCUT2D eigenvalue weighted by molar-refractivity contribution is -0.189. The molecule has 0 aromatic heterocycles. The third-order valence-corrected chi connectivity index (χ3v) is 7.99. The number of rotatable bonds is 10. The summed E-state index contributed by atoms with van der Waals surface area (Å²) in [7, 11) is 0. The average molecular weight is 615 g/mol. The van der Waals surface area contributed by atoms with Crippen molar-refractivity contribution in [1.82, 2.24) is 0 Å². The van der Waals surface area contributed by atoms with Crippen molar-refractivity contribution < 1.29 is 44.3 Å². The molecule has 0 amide bonds. The molecule has 0 spiro atoms. The lowest BCUT2D eigenvalue weighted by Crippen LogP contribution is -2.25. The zero-order valence-corrected chi connectivity index (χ0v) is 23.5. The van der Waals surface area contributed by atoms with Crippen molar-refractivity contribution in [3.63, 3.8) is 0 Å². The van der Waals surface area contributed by atoms with E-state index < -0.39 is 57.8 Å². The Hall–Kier alpha value is -3.35. The first-order chi connectivity index (χ1) is 20.3. The summed E-state index contributed by atoms with van der Waals surface area (Å²) in [6.45, 7) is 2.17. The second kappa shape index (κ2) is 13.5. The molecule has 43 heavy (non-hydrogen) atoms. The Kier molecular flexibility index (Phi) is 10.2. The van der Waals surface area contributed by atoms with Crippen molar-refractivity contribution in [2.75, 3.05) is 0 Å². The maximum Gasteiger partial charge on any atom is 0.458 e. The molecule has 0 radical (unpaired) electrons. The zero-order chi connectivity index (χ0) is 31.4. The molecule has 1 fully saturated rings. The van der Waals surface area contributed by atoms with Crippen molar-refractivity contribution in [1.29, 1.82) is 0 Å². The summed E-state index contributed by atoms with van der Waals surface area (Å²) in [5, 5.41) is -0.762. The molecule has 1 saturated carbocycles. The van der Waals surface area contributed by atoms with Crippen LogP contribution < -0.4 is 4.74 Å². The summed E-state index contributed by atoms with van der Waals surface area (Å²) < 4.78 is 130. The molecule has 0 unspecified atom stereocenters. The number of ether oxygens (including phenoxy) is 1. The molecule has 1 aliphatic rings. The second-order valence-corrected chi connectivity index (χ2v) is 11.2. The summed E-state index contributed by atoms with van der Waals surface area (Å²) in [6.07, 6.45) is 0.733. The number of alkyl halides is 5. The molecule has 0 N–H and O–H groups in total. The highest BCUT2D eigenvalue weighted by Crippen LogP contribution is 2.38. The standard InChI is InChI=1S/C33H31F9O/c1-2-3-4-5-20-6-8-21(9-7-20)10-11-22-16-28(35)30(29(36)17-22)33(41,42)43-24-12-13-25-23(18-24)19-27(34)26(31(25)37)14-15-32(38,39)40/h12-13,16-21H,2-11H2,1H3. The van der Waals surface area contributed by atoms with Crippen molar-refractivity contribution in [2.24, 2.45) is 11.8 Å². The van der Waals surface area contributed by atoms with Gasteiger partial charge in [0.2, 0.25) is 0 Å². The van der Waals surface area contributed by atoms with Gasteiger partial charge in [-0.15, -0.1) is 0 Å². The summed E-state index contributed by atoms with van der Waals surface area (Å²) in [6, 6.07) is 4.78. The largest absolute Gasteiger partial charge is 0.458 e. The molecule has 10 heteroatoms. The van der Waals surface area contributed by atoms with Gasteiger partial charge in [0.25, 0.3) is 0 Å². The first kappa shape index (κ1) is 32.6. The smallest absolute Gasteiger partial charge is 0.429 e.